The molecule has 0 bridgehead atoms. The van der Waals surface area contributed by atoms with Gasteiger partial charge < -0.3 is 15.2 Å². The summed E-state index contributed by atoms with van der Waals surface area (Å²) in [4.78, 5) is 0. The Kier molecular flexibility index (Phi) is 5.45. The van der Waals surface area contributed by atoms with E-state index < -0.39 is 5.60 Å². The van der Waals surface area contributed by atoms with E-state index in [9.17, 15) is 5.11 Å². The van der Waals surface area contributed by atoms with Crippen LogP contribution in [0.4, 0.5) is 0 Å². The predicted molar refractivity (Wildman–Crippen MR) is 70.3 cm³/mol. The van der Waals surface area contributed by atoms with Gasteiger partial charge in [-0.25, -0.2) is 0 Å². The van der Waals surface area contributed by atoms with Gasteiger partial charge in [0, 0.05) is 0 Å². The van der Waals surface area contributed by atoms with Gasteiger partial charge in [-0.1, -0.05) is 25.5 Å². The number of hydrogen-bond donors (Lipinski definition) is 2. The van der Waals surface area contributed by atoms with E-state index in [1.54, 1.807) is 7.11 Å². The molecule has 0 fully saturated rings. The zero-order chi connectivity index (χ0) is 12.7. The Morgan fingerprint density at radius 1 is 1.35 bits per heavy atom. The lowest BCUT2D eigenvalue weighted by Crippen LogP contribution is -2.29. The fraction of sp³-hybridized carbons (Fsp3) is 0.571. The molecule has 2 N–H and O–H groups in total. The van der Waals surface area contributed by atoms with Crippen LogP contribution in [-0.4, -0.2) is 25.8 Å². The number of rotatable bonds is 7. The van der Waals surface area contributed by atoms with E-state index >= 15 is 0 Å². The fourth-order valence-electron chi connectivity index (χ4n) is 2.07. The summed E-state index contributed by atoms with van der Waals surface area (Å²) in [6, 6.07) is 7.71. The Hall–Kier alpha value is -1.06. The van der Waals surface area contributed by atoms with Crippen molar-refractivity contribution in [3.8, 4) is 5.75 Å². The topological polar surface area (TPSA) is 41.5 Å². The minimum absolute atomic E-state index is 0.713. The zero-order valence-corrected chi connectivity index (χ0v) is 11.0. The van der Waals surface area contributed by atoms with Gasteiger partial charge in [0.1, 0.15) is 5.75 Å². The second kappa shape index (κ2) is 6.62. The molecule has 0 amide bonds. The molecule has 3 heteroatoms. The smallest absolute Gasteiger partial charge is 0.119 e. The minimum Gasteiger partial charge on any atom is -0.497 e. The molecule has 1 atom stereocenters. The number of aliphatic hydroxyl groups is 1. The van der Waals surface area contributed by atoms with Crippen LogP contribution < -0.4 is 10.1 Å². The van der Waals surface area contributed by atoms with Crippen LogP contribution in [0, 0.1) is 0 Å². The molecule has 0 spiro atoms. The average molecular weight is 237 g/mol. The van der Waals surface area contributed by atoms with E-state index in [0.29, 0.717) is 6.42 Å². The molecule has 1 rings (SSSR count). The summed E-state index contributed by atoms with van der Waals surface area (Å²) in [7, 11) is 3.55. The lowest BCUT2D eigenvalue weighted by molar-refractivity contribution is 0.0183. The molecular formula is C14H23NO2. The molecule has 0 aromatic heterocycles. The highest BCUT2D eigenvalue weighted by Crippen LogP contribution is 2.31. The molecule has 96 valence electrons. The molecule has 0 heterocycles. The molecule has 3 nitrogen and oxygen atoms in total. The summed E-state index contributed by atoms with van der Waals surface area (Å²) < 4.78 is 5.21. The van der Waals surface area contributed by atoms with Crippen LogP contribution in [-0.2, 0) is 5.60 Å². The molecule has 1 aromatic carbocycles. The van der Waals surface area contributed by atoms with Crippen molar-refractivity contribution in [1.82, 2.24) is 5.32 Å². The van der Waals surface area contributed by atoms with E-state index in [1.165, 1.54) is 0 Å². The Balaban J connectivity index is 2.94. The van der Waals surface area contributed by atoms with Gasteiger partial charge in [0.05, 0.1) is 12.7 Å². The Labute approximate surface area is 104 Å². The summed E-state index contributed by atoms with van der Waals surface area (Å²) in [6.45, 7) is 2.89. The first-order valence-corrected chi connectivity index (χ1v) is 6.18. The maximum Gasteiger partial charge on any atom is 0.119 e. The molecule has 17 heavy (non-hydrogen) atoms. The largest absolute Gasteiger partial charge is 0.497 e. The van der Waals surface area contributed by atoms with Crippen molar-refractivity contribution in [3.63, 3.8) is 0 Å². The monoisotopic (exact) mass is 237 g/mol. The maximum absolute atomic E-state index is 10.7. The molecule has 0 aliphatic carbocycles. The fourth-order valence-corrected chi connectivity index (χ4v) is 2.07. The molecule has 0 aliphatic heterocycles. The number of hydrogen-bond acceptors (Lipinski definition) is 3. The van der Waals surface area contributed by atoms with E-state index in [4.69, 9.17) is 4.74 Å². The highest BCUT2D eigenvalue weighted by Gasteiger charge is 2.27. The summed E-state index contributed by atoms with van der Waals surface area (Å²) >= 11 is 0. The van der Waals surface area contributed by atoms with Crippen molar-refractivity contribution in [3.05, 3.63) is 29.8 Å². The van der Waals surface area contributed by atoms with E-state index in [-0.39, 0.29) is 0 Å². The van der Waals surface area contributed by atoms with Gasteiger partial charge in [-0.05, 0) is 44.1 Å². The van der Waals surface area contributed by atoms with Gasteiger partial charge in [-0.2, -0.15) is 0 Å². The lowest BCUT2D eigenvalue weighted by atomic mass is 9.86. The SMILES string of the molecule is CCCC(O)(CCNC)c1cccc(OC)c1. The molecule has 0 aliphatic rings. The van der Waals surface area contributed by atoms with Crippen LogP contribution in [0.15, 0.2) is 24.3 Å². The molecule has 0 saturated heterocycles. The van der Waals surface area contributed by atoms with Crippen LogP contribution in [0.1, 0.15) is 31.7 Å². The van der Waals surface area contributed by atoms with Gasteiger partial charge in [0.25, 0.3) is 0 Å². The van der Waals surface area contributed by atoms with Crippen LogP contribution in [0.5, 0.6) is 5.75 Å². The van der Waals surface area contributed by atoms with Crippen LogP contribution in [0.25, 0.3) is 0 Å². The lowest BCUT2D eigenvalue weighted by Gasteiger charge is -2.28. The van der Waals surface area contributed by atoms with Gasteiger partial charge in [-0.15, -0.1) is 0 Å². The van der Waals surface area contributed by atoms with E-state index in [0.717, 1.165) is 30.7 Å². The van der Waals surface area contributed by atoms with Crippen molar-refractivity contribution >= 4 is 0 Å². The third kappa shape index (κ3) is 3.72. The van der Waals surface area contributed by atoms with Gasteiger partial charge in [-0.3, -0.25) is 0 Å². The van der Waals surface area contributed by atoms with Gasteiger partial charge in [0.2, 0.25) is 0 Å². The van der Waals surface area contributed by atoms with Crippen LogP contribution in [0.3, 0.4) is 0 Å². The first-order chi connectivity index (χ1) is 8.16. The van der Waals surface area contributed by atoms with Crippen molar-refractivity contribution < 1.29 is 9.84 Å². The third-order valence-electron chi connectivity index (χ3n) is 3.06. The molecule has 0 radical (unpaired) electrons. The number of nitrogens with one attached hydrogen (secondary N) is 1. The standard InChI is InChI=1S/C14H23NO2/c1-4-8-14(16,9-10-15-2)12-6-5-7-13(11-12)17-3/h5-7,11,15-16H,4,8-10H2,1-3H3. The van der Waals surface area contributed by atoms with E-state index in [1.807, 2.05) is 31.3 Å². The highest BCUT2D eigenvalue weighted by molar-refractivity contribution is 5.32. The number of benzene rings is 1. The second-order valence-corrected chi connectivity index (χ2v) is 4.37. The van der Waals surface area contributed by atoms with E-state index in [2.05, 4.69) is 12.2 Å². The van der Waals surface area contributed by atoms with Crippen LogP contribution in [0.2, 0.25) is 0 Å². The second-order valence-electron chi connectivity index (χ2n) is 4.37. The van der Waals surface area contributed by atoms with Gasteiger partial charge >= 0.3 is 0 Å². The Morgan fingerprint density at radius 2 is 2.12 bits per heavy atom. The Bertz CT molecular complexity index is 341. The first kappa shape index (κ1) is 14.0. The molecule has 1 unspecified atom stereocenters. The molecule has 1 aromatic rings. The molecule has 0 saturated carbocycles. The quantitative estimate of drug-likeness (QED) is 0.764. The summed E-state index contributed by atoms with van der Waals surface area (Å²) in [5.41, 5.74) is 0.181. The van der Waals surface area contributed by atoms with Crippen molar-refractivity contribution in [2.45, 2.75) is 31.8 Å². The normalized spacial score (nSPS) is 14.4. The summed E-state index contributed by atoms with van der Waals surface area (Å²) in [5, 5.41) is 13.8. The predicted octanol–water partition coefficient (Wildman–Crippen LogP) is 2.29. The first-order valence-electron chi connectivity index (χ1n) is 6.18. The maximum atomic E-state index is 10.7. The minimum atomic E-state index is -0.758. The average Bonchev–Trinajstić information content (AvgIpc) is 2.37. The Morgan fingerprint density at radius 3 is 2.71 bits per heavy atom. The number of methoxy groups -OCH3 is 1. The van der Waals surface area contributed by atoms with Crippen LogP contribution >= 0.6 is 0 Å². The summed E-state index contributed by atoms with van der Waals surface area (Å²) in [6.07, 6.45) is 2.43. The highest BCUT2D eigenvalue weighted by atomic mass is 16.5. The number of ether oxygens (including phenoxy) is 1. The summed E-state index contributed by atoms with van der Waals surface area (Å²) in [5.74, 6) is 0.793. The van der Waals surface area contributed by atoms with Crippen molar-refractivity contribution in [2.75, 3.05) is 20.7 Å². The third-order valence-corrected chi connectivity index (χ3v) is 3.06. The van der Waals surface area contributed by atoms with Gasteiger partial charge in [0.15, 0.2) is 0 Å². The zero-order valence-electron chi connectivity index (χ0n) is 11.0. The van der Waals surface area contributed by atoms with Crippen molar-refractivity contribution in [2.24, 2.45) is 0 Å². The van der Waals surface area contributed by atoms with Crippen molar-refractivity contribution in [1.29, 1.82) is 0 Å². The molecular weight excluding hydrogens is 214 g/mol.